The van der Waals surface area contributed by atoms with Crippen LogP contribution >= 0.6 is 15.9 Å². The standard InChI is InChI=1S/C24H17BrF3NO3/c25-13-7-8-23(32-12-18-19(27)10-14(26)11-20(18)28)17(9-13)15-3-1-4-16(15)21-5-2-6-22(29-21)24(30)31/h2,5-11H,1,3-4,12H2,(H,30,31). The van der Waals surface area contributed by atoms with Gasteiger partial charge >= 0.3 is 5.97 Å². The molecule has 1 heterocycles. The monoisotopic (exact) mass is 503 g/mol. The highest BCUT2D eigenvalue weighted by molar-refractivity contribution is 9.10. The van der Waals surface area contributed by atoms with E-state index in [1.807, 2.05) is 6.07 Å². The van der Waals surface area contributed by atoms with Crippen LogP contribution in [-0.4, -0.2) is 16.1 Å². The summed E-state index contributed by atoms with van der Waals surface area (Å²) in [5, 5.41) is 9.27. The van der Waals surface area contributed by atoms with Crippen molar-refractivity contribution in [3.8, 4) is 5.75 Å². The fourth-order valence-electron chi connectivity index (χ4n) is 3.77. The van der Waals surface area contributed by atoms with Crippen LogP contribution in [0, 0.1) is 17.5 Å². The number of pyridine rings is 1. The van der Waals surface area contributed by atoms with Crippen molar-refractivity contribution < 1.29 is 27.8 Å². The summed E-state index contributed by atoms with van der Waals surface area (Å²) in [5.41, 5.74) is 2.70. The summed E-state index contributed by atoms with van der Waals surface area (Å²) in [6.07, 6.45) is 2.26. The molecule has 0 radical (unpaired) electrons. The van der Waals surface area contributed by atoms with Crippen LogP contribution in [0.25, 0.3) is 11.1 Å². The minimum Gasteiger partial charge on any atom is -0.488 e. The Hall–Kier alpha value is -3.13. The van der Waals surface area contributed by atoms with E-state index in [2.05, 4.69) is 20.9 Å². The topological polar surface area (TPSA) is 59.4 Å². The number of benzene rings is 2. The van der Waals surface area contributed by atoms with Gasteiger partial charge in [-0.2, -0.15) is 0 Å². The molecule has 8 heteroatoms. The van der Waals surface area contributed by atoms with E-state index in [4.69, 9.17) is 4.74 Å². The molecule has 4 nitrogen and oxygen atoms in total. The van der Waals surface area contributed by atoms with Crippen molar-refractivity contribution in [2.24, 2.45) is 0 Å². The Labute approximate surface area is 190 Å². The predicted octanol–water partition coefficient (Wildman–Crippen LogP) is 6.63. The molecule has 32 heavy (non-hydrogen) atoms. The Morgan fingerprint density at radius 1 is 1.03 bits per heavy atom. The minimum absolute atomic E-state index is 0.0470. The molecule has 1 aromatic heterocycles. The molecule has 0 spiro atoms. The molecule has 1 N–H and O–H groups in total. The van der Waals surface area contributed by atoms with Gasteiger partial charge in [-0.1, -0.05) is 22.0 Å². The van der Waals surface area contributed by atoms with E-state index in [-0.39, 0.29) is 11.3 Å². The number of aromatic nitrogens is 1. The number of carbonyl (C=O) groups is 1. The zero-order chi connectivity index (χ0) is 22.8. The summed E-state index contributed by atoms with van der Waals surface area (Å²) in [6, 6.07) is 11.3. The van der Waals surface area contributed by atoms with E-state index in [9.17, 15) is 23.1 Å². The number of carboxylic acids is 1. The zero-order valence-corrected chi connectivity index (χ0v) is 18.3. The lowest BCUT2D eigenvalue weighted by molar-refractivity contribution is 0.0690. The molecule has 0 saturated heterocycles. The maximum atomic E-state index is 14.0. The van der Waals surface area contributed by atoms with Crippen LogP contribution in [0.3, 0.4) is 0 Å². The number of hydrogen-bond donors (Lipinski definition) is 1. The van der Waals surface area contributed by atoms with Crippen LogP contribution < -0.4 is 4.74 Å². The number of aromatic carboxylic acids is 1. The summed E-state index contributed by atoms with van der Waals surface area (Å²) in [7, 11) is 0. The van der Waals surface area contributed by atoms with E-state index in [1.165, 1.54) is 6.07 Å². The highest BCUT2D eigenvalue weighted by atomic mass is 79.9. The second-order valence-corrected chi connectivity index (χ2v) is 8.22. The van der Waals surface area contributed by atoms with Crippen LogP contribution in [0.1, 0.15) is 46.6 Å². The highest BCUT2D eigenvalue weighted by Gasteiger charge is 2.23. The summed E-state index contributed by atoms with van der Waals surface area (Å²) in [4.78, 5) is 15.6. The molecule has 1 aliphatic carbocycles. The zero-order valence-electron chi connectivity index (χ0n) is 16.7. The van der Waals surface area contributed by atoms with E-state index in [1.54, 1.807) is 24.3 Å². The lowest BCUT2D eigenvalue weighted by Crippen LogP contribution is -2.05. The number of allylic oxidation sites excluding steroid dienone is 2. The second-order valence-electron chi connectivity index (χ2n) is 7.30. The third-order valence-electron chi connectivity index (χ3n) is 5.24. The van der Waals surface area contributed by atoms with Gasteiger partial charge < -0.3 is 9.84 Å². The molecule has 1 aliphatic rings. The van der Waals surface area contributed by atoms with Gasteiger partial charge in [0.05, 0.1) is 11.3 Å². The molecule has 0 amide bonds. The van der Waals surface area contributed by atoms with Crippen molar-refractivity contribution in [2.75, 3.05) is 0 Å². The molecule has 0 unspecified atom stereocenters. The molecular formula is C24H17BrF3NO3. The molecule has 2 aromatic carbocycles. The second kappa shape index (κ2) is 9.16. The number of nitrogens with zero attached hydrogens (tertiary/aromatic N) is 1. The molecule has 0 bridgehead atoms. The van der Waals surface area contributed by atoms with Crippen LogP contribution in [0.15, 0.2) is 53.0 Å². The van der Waals surface area contributed by atoms with Crippen molar-refractivity contribution in [2.45, 2.75) is 25.9 Å². The van der Waals surface area contributed by atoms with Gasteiger partial charge in [0.2, 0.25) is 0 Å². The fraction of sp³-hybridized carbons (Fsp3) is 0.167. The number of halogens is 4. The minimum atomic E-state index is -1.11. The first kappa shape index (κ1) is 22.1. The average Bonchev–Trinajstić information content (AvgIpc) is 3.23. The fourth-order valence-corrected chi connectivity index (χ4v) is 4.13. The molecule has 0 atom stereocenters. The molecular weight excluding hydrogens is 487 g/mol. The number of ether oxygens (including phenoxy) is 1. The van der Waals surface area contributed by atoms with E-state index >= 15 is 0 Å². The maximum absolute atomic E-state index is 14.0. The first-order chi connectivity index (χ1) is 15.3. The van der Waals surface area contributed by atoms with E-state index in [0.29, 0.717) is 36.4 Å². The molecule has 4 rings (SSSR count). The predicted molar refractivity (Wildman–Crippen MR) is 117 cm³/mol. The van der Waals surface area contributed by atoms with Gasteiger partial charge in [0.25, 0.3) is 0 Å². The average molecular weight is 504 g/mol. The van der Waals surface area contributed by atoms with Gasteiger partial charge in [-0.15, -0.1) is 0 Å². The van der Waals surface area contributed by atoms with Gasteiger partial charge in [-0.05, 0) is 60.7 Å². The highest BCUT2D eigenvalue weighted by Crippen LogP contribution is 2.43. The van der Waals surface area contributed by atoms with Gasteiger partial charge in [-0.25, -0.2) is 22.9 Å². The summed E-state index contributed by atoms with van der Waals surface area (Å²) < 4.78 is 47.8. The first-order valence-electron chi connectivity index (χ1n) is 9.82. The van der Waals surface area contributed by atoms with Gasteiger partial charge in [0.15, 0.2) is 0 Å². The van der Waals surface area contributed by atoms with Crippen molar-refractivity contribution in [3.05, 3.63) is 93.0 Å². The third kappa shape index (κ3) is 4.55. The first-order valence-corrected chi connectivity index (χ1v) is 10.6. The molecule has 164 valence electrons. The van der Waals surface area contributed by atoms with Crippen molar-refractivity contribution in [3.63, 3.8) is 0 Å². The van der Waals surface area contributed by atoms with Crippen molar-refractivity contribution in [1.82, 2.24) is 4.98 Å². The molecule has 0 aliphatic heterocycles. The van der Waals surface area contributed by atoms with Crippen LogP contribution in [0.4, 0.5) is 13.2 Å². The molecule has 0 fully saturated rings. The maximum Gasteiger partial charge on any atom is 0.354 e. The van der Waals surface area contributed by atoms with E-state index in [0.717, 1.165) is 27.6 Å². The lowest BCUT2D eigenvalue weighted by atomic mass is 9.99. The summed E-state index contributed by atoms with van der Waals surface area (Å²) >= 11 is 3.44. The van der Waals surface area contributed by atoms with Crippen LogP contribution in [-0.2, 0) is 6.61 Å². The Balaban J connectivity index is 1.72. The Morgan fingerprint density at radius 3 is 2.47 bits per heavy atom. The third-order valence-corrected chi connectivity index (χ3v) is 5.73. The largest absolute Gasteiger partial charge is 0.488 e. The molecule has 3 aromatic rings. The van der Waals surface area contributed by atoms with Crippen LogP contribution in [0.2, 0.25) is 0 Å². The van der Waals surface area contributed by atoms with Gasteiger partial charge in [0, 0.05) is 22.2 Å². The normalized spacial score (nSPS) is 13.5. The SMILES string of the molecule is O=C(O)c1cccc(C2=C(c3cc(Br)ccc3OCc3c(F)cc(F)cc3F)CCC2)n1. The number of hydrogen-bond acceptors (Lipinski definition) is 3. The summed E-state index contributed by atoms with van der Waals surface area (Å²) in [6.45, 7) is -0.415. The van der Waals surface area contributed by atoms with Crippen molar-refractivity contribution >= 4 is 33.0 Å². The Morgan fingerprint density at radius 2 is 1.75 bits per heavy atom. The number of carboxylic acid groups (broad SMARTS) is 1. The van der Waals surface area contributed by atoms with Crippen LogP contribution in [0.5, 0.6) is 5.75 Å². The van der Waals surface area contributed by atoms with Gasteiger partial charge in [0.1, 0.15) is 35.5 Å². The van der Waals surface area contributed by atoms with Gasteiger partial charge in [-0.3, -0.25) is 0 Å². The molecule has 0 saturated carbocycles. The lowest BCUT2D eigenvalue weighted by Gasteiger charge is -2.15. The number of rotatable bonds is 6. The smallest absolute Gasteiger partial charge is 0.354 e. The Kier molecular flexibility index (Phi) is 6.32. The Bertz CT molecular complexity index is 1220. The van der Waals surface area contributed by atoms with E-state index < -0.39 is 30.0 Å². The summed E-state index contributed by atoms with van der Waals surface area (Å²) in [5.74, 6) is -3.74. The quantitative estimate of drug-likeness (QED) is 0.409. The van der Waals surface area contributed by atoms with Crippen molar-refractivity contribution in [1.29, 1.82) is 0 Å².